The highest BCUT2D eigenvalue weighted by molar-refractivity contribution is 5.89. The van der Waals surface area contributed by atoms with Crippen LogP contribution in [-0.2, 0) is 11.2 Å². The summed E-state index contributed by atoms with van der Waals surface area (Å²) in [7, 11) is 0. The van der Waals surface area contributed by atoms with Crippen molar-refractivity contribution in [3.05, 3.63) is 71.8 Å². The van der Waals surface area contributed by atoms with Crippen LogP contribution in [0.25, 0.3) is 0 Å². The molecule has 0 aliphatic heterocycles. The largest absolute Gasteiger partial charge is 0.462 e. The Balaban J connectivity index is 1.86. The molecule has 0 fully saturated rings. The molecule has 1 N–H and O–H groups in total. The van der Waals surface area contributed by atoms with E-state index in [4.69, 9.17) is 4.74 Å². The Bertz CT molecular complexity index is 522. The van der Waals surface area contributed by atoms with Crippen molar-refractivity contribution < 1.29 is 14.6 Å². The molecule has 20 heavy (non-hydrogen) atoms. The van der Waals surface area contributed by atoms with Gasteiger partial charge >= 0.3 is 5.97 Å². The average molecular weight is 270 g/mol. The number of benzene rings is 2. The molecule has 0 aliphatic carbocycles. The lowest BCUT2D eigenvalue weighted by molar-refractivity contribution is 0.0387. The van der Waals surface area contributed by atoms with E-state index in [1.807, 2.05) is 36.4 Å². The first-order valence-corrected chi connectivity index (χ1v) is 6.66. The fraction of sp³-hybridized carbons (Fsp3) is 0.235. The van der Waals surface area contributed by atoms with Gasteiger partial charge in [-0.2, -0.15) is 0 Å². The molecule has 1 atom stereocenters. The summed E-state index contributed by atoms with van der Waals surface area (Å²) in [4.78, 5) is 11.8. The van der Waals surface area contributed by atoms with Gasteiger partial charge < -0.3 is 9.84 Å². The van der Waals surface area contributed by atoms with Crippen LogP contribution in [-0.4, -0.2) is 24.3 Å². The zero-order valence-corrected chi connectivity index (χ0v) is 11.2. The van der Waals surface area contributed by atoms with Crippen molar-refractivity contribution in [3.63, 3.8) is 0 Å². The summed E-state index contributed by atoms with van der Waals surface area (Å²) in [5.41, 5.74) is 1.66. The van der Waals surface area contributed by atoms with E-state index in [1.165, 1.54) is 0 Å². The highest BCUT2D eigenvalue weighted by atomic mass is 16.5. The second-order valence-corrected chi connectivity index (χ2v) is 4.70. The zero-order chi connectivity index (χ0) is 14.2. The Morgan fingerprint density at radius 1 is 1.00 bits per heavy atom. The number of rotatable bonds is 6. The third kappa shape index (κ3) is 4.21. The number of esters is 1. The highest BCUT2D eigenvalue weighted by Crippen LogP contribution is 2.10. The van der Waals surface area contributed by atoms with Crippen molar-refractivity contribution in [2.75, 3.05) is 13.2 Å². The topological polar surface area (TPSA) is 46.5 Å². The summed E-state index contributed by atoms with van der Waals surface area (Å²) in [5.74, 6) is -0.429. The third-order valence-electron chi connectivity index (χ3n) is 3.09. The van der Waals surface area contributed by atoms with E-state index in [1.54, 1.807) is 24.3 Å². The lowest BCUT2D eigenvalue weighted by Gasteiger charge is -2.14. The Morgan fingerprint density at radius 3 is 2.20 bits per heavy atom. The normalized spacial score (nSPS) is 11.8. The summed E-state index contributed by atoms with van der Waals surface area (Å²) in [5, 5.41) is 9.38. The fourth-order valence-electron chi connectivity index (χ4n) is 1.97. The van der Waals surface area contributed by atoms with Crippen LogP contribution in [0.5, 0.6) is 0 Å². The van der Waals surface area contributed by atoms with E-state index in [-0.39, 0.29) is 25.1 Å². The molecular weight excluding hydrogens is 252 g/mol. The molecule has 2 aromatic carbocycles. The molecule has 2 aromatic rings. The van der Waals surface area contributed by atoms with E-state index < -0.39 is 0 Å². The summed E-state index contributed by atoms with van der Waals surface area (Å²) in [6.07, 6.45) is 0.694. The highest BCUT2D eigenvalue weighted by Gasteiger charge is 2.13. The van der Waals surface area contributed by atoms with Crippen molar-refractivity contribution in [1.29, 1.82) is 0 Å². The molecule has 0 bridgehead atoms. The number of hydrogen-bond acceptors (Lipinski definition) is 3. The molecule has 0 spiro atoms. The van der Waals surface area contributed by atoms with Crippen molar-refractivity contribution >= 4 is 5.97 Å². The summed E-state index contributed by atoms with van der Waals surface area (Å²) < 4.78 is 5.25. The van der Waals surface area contributed by atoms with E-state index in [2.05, 4.69) is 0 Å². The molecule has 0 amide bonds. The van der Waals surface area contributed by atoms with Gasteiger partial charge in [-0.25, -0.2) is 4.79 Å². The Kier molecular flexibility index (Phi) is 5.33. The van der Waals surface area contributed by atoms with Crippen LogP contribution in [0.2, 0.25) is 0 Å². The van der Waals surface area contributed by atoms with Gasteiger partial charge in [-0.05, 0) is 24.1 Å². The van der Waals surface area contributed by atoms with E-state index >= 15 is 0 Å². The van der Waals surface area contributed by atoms with E-state index in [0.717, 1.165) is 5.56 Å². The molecule has 0 saturated carbocycles. The Morgan fingerprint density at radius 2 is 1.60 bits per heavy atom. The van der Waals surface area contributed by atoms with Gasteiger partial charge in [0.05, 0.1) is 12.2 Å². The maximum atomic E-state index is 11.8. The van der Waals surface area contributed by atoms with Crippen molar-refractivity contribution in [1.82, 2.24) is 0 Å². The predicted molar refractivity (Wildman–Crippen MR) is 77.4 cm³/mol. The maximum Gasteiger partial charge on any atom is 0.338 e. The number of carbonyl (C=O) groups is 1. The minimum atomic E-state index is -0.350. The predicted octanol–water partition coefficient (Wildman–Crippen LogP) is 2.69. The molecule has 0 saturated heterocycles. The van der Waals surface area contributed by atoms with Gasteiger partial charge in [0.25, 0.3) is 0 Å². The van der Waals surface area contributed by atoms with Crippen molar-refractivity contribution in [2.24, 2.45) is 5.92 Å². The molecule has 0 radical (unpaired) electrons. The van der Waals surface area contributed by atoms with Crippen LogP contribution in [0.3, 0.4) is 0 Å². The smallest absolute Gasteiger partial charge is 0.338 e. The summed E-state index contributed by atoms with van der Waals surface area (Å²) >= 11 is 0. The maximum absolute atomic E-state index is 11.8. The molecular formula is C17H18O3. The SMILES string of the molecule is O=C(OC[C@H](CO)Cc1ccccc1)c1ccccc1. The Labute approximate surface area is 118 Å². The van der Waals surface area contributed by atoms with Crippen LogP contribution in [0.4, 0.5) is 0 Å². The second kappa shape index (κ2) is 7.46. The molecule has 2 rings (SSSR count). The first kappa shape index (κ1) is 14.3. The van der Waals surface area contributed by atoms with Crippen LogP contribution in [0.1, 0.15) is 15.9 Å². The molecule has 0 unspecified atom stereocenters. The van der Waals surface area contributed by atoms with E-state index in [0.29, 0.717) is 12.0 Å². The minimum Gasteiger partial charge on any atom is -0.462 e. The number of hydrogen-bond donors (Lipinski definition) is 1. The van der Waals surface area contributed by atoms with Gasteiger partial charge in [-0.1, -0.05) is 48.5 Å². The van der Waals surface area contributed by atoms with Gasteiger partial charge in [0.15, 0.2) is 0 Å². The third-order valence-corrected chi connectivity index (χ3v) is 3.09. The van der Waals surface area contributed by atoms with Gasteiger partial charge in [0.2, 0.25) is 0 Å². The van der Waals surface area contributed by atoms with Crippen molar-refractivity contribution in [3.8, 4) is 0 Å². The van der Waals surface area contributed by atoms with Gasteiger partial charge in [-0.3, -0.25) is 0 Å². The average Bonchev–Trinajstić information content (AvgIpc) is 2.53. The summed E-state index contributed by atoms with van der Waals surface area (Å²) in [6.45, 7) is 0.218. The number of carbonyl (C=O) groups excluding carboxylic acids is 1. The number of aliphatic hydroxyl groups is 1. The first-order chi connectivity index (χ1) is 9.79. The van der Waals surface area contributed by atoms with Crippen LogP contribution in [0.15, 0.2) is 60.7 Å². The molecule has 3 heteroatoms. The first-order valence-electron chi connectivity index (χ1n) is 6.66. The van der Waals surface area contributed by atoms with Crippen molar-refractivity contribution in [2.45, 2.75) is 6.42 Å². The summed E-state index contributed by atoms with van der Waals surface area (Å²) in [6, 6.07) is 18.7. The lowest BCUT2D eigenvalue weighted by Crippen LogP contribution is -2.19. The molecule has 0 aliphatic rings. The quantitative estimate of drug-likeness (QED) is 0.821. The number of ether oxygens (including phenoxy) is 1. The molecule has 0 aromatic heterocycles. The molecule has 3 nitrogen and oxygen atoms in total. The number of aliphatic hydroxyl groups excluding tert-OH is 1. The standard InChI is InChI=1S/C17H18O3/c18-12-15(11-14-7-3-1-4-8-14)13-20-17(19)16-9-5-2-6-10-16/h1-10,15,18H,11-13H2/t15-/m0/s1. The van der Waals surface area contributed by atoms with Crippen LogP contribution >= 0.6 is 0 Å². The lowest BCUT2D eigenvalue weighted by atomic mass is 10.0. The second-order valence-electron chi connectivity index (χ2n) is 4.70. The molecule has 0 heterocycles. The minimum absolute atomic E-state index is 0.00301. The monoisotopic (exact) mass is 270 g/mol. The molecule has 104 valence electrons. The Hall–Kier alpha value is -2.13. The van der Waals surface area contributed by atoms with Crippen LogP contribution in [0, 0.1) is 5.92 Å². The zero-order valence-electron chi connectivity index (χ0n) is 11.2. The van der Waals surface area contributed by atoms with Crippen LogP contribution < -0.4 is 0 Å². The van der Waals surface area contributed by atoms with Gasteiger partial charge in [-0.15, -0.1) is 0 Å². The fourth-order valence-corrected chi connectivity index (χ4v) is 1.97. The van der Waals surface area contributed by atoms with Gasteiger partial charge in [0, 0.05) is 12.5 Å². The van der Waals surface area contributed by atoms with E-state index in [9.17, 15) is 9.90 Å². The van der Waals surface area contributed by atoms with Gasteiger partial charge in [0.1, 0.15) is 0 Å².